The Morgan fingerprint density at radius 3 is 2.67 bits per heavy atom. The second-order valence-electron chi connectivity index (χ2n) is 2.76. The Labute approximate surface area is 92.3 Å². The van der Waals surface area contributed by atoms with Crippen molar-refractivity contribution in [1.29, 1.82) is 0 Å². The number of hydrogen-bond acceptors (Lipinski definition) is 3. The van der Waals surface area contributed by atoms with E-state index in [1.54, 1.807) is 0 Å². The first-order chi connectivity index (χ1) is 6.97. The molecule has 3 N–H and O–H groups in total. The lowest BCUT2D eigenvalue weighted by Gasteiger charge is -2.05. The van der Waals surface area contributed by atoms with Crippen molar-refractivity contribution in [2.45, 2.75) is 4.90 Å². The lowest BCUT2D eigenvalue weighted by molar-refractivity contribution is 0.581. The van der Waals surface area contributed by atoms with Gasteiger partial charge in [0, 0.05) is 13.1 Å². The highest BCUT2D eigenvalue weighted by Crippen LogP contribution is 2.18. The fourth-order valence-corrected chi connectivity index (χ4v) is 2.24. The summed E-state index contributed by atoms with van der Waals surface area (Å²) in [5.74, 6) is -0.658. The summed E-state index contributed by atoms with van der Waals surface area (Å²) in [6, 6.07) is 3.19. The van der Waals surface area contributed by atoms with E-state index in [4.69, 9.17) is 17.3 Å². The number of hydrogen-bond donors (Lipinski definition) is 2. The van der Waals surface area contributed by atoms with E-state index in [9.17, 15) is 12.8 Å². The largest absolute Gasteiger partial charge is 0.329 e. The topological polar surface area (TPSA) is 72.2 Å². The minimum Gasteiger partial charge on any atom is -0.329 e. The Morgan fingerprint density at radius 2 is 2.13 bits per heavy atom. The van der Waals surface area contributed by atoms with Crippen LogP contribution in [-0.4, -0.2) is 21.5 Å². The van der Waals surface area contributed by atoms with Crippen molar-refractivity contribution >= 4 is 21.6 Å². The summed E-state index contributed by atoms with van der Waals surface area (Å²) in [5.41, 5.74) is 5.15. The molecule has 4 nitrogen and oxygen atoms in total. The van der Waals surface area contributed by atoms with Gasteiger partial charge in [0.2, 0.25) is 10.0 Å². The van der Waals surface area contributed by atoms with Crippen molar-refractivity contribution in [3.05, 3.63) is 29.0 Å². The van der Waals surface area contributed by atoms with Crippen LogP contribution in [0.5, 0.6) is 0 Å². The zero-order chi connectivity index (χ0) is 11.5. The second-order valence-corrected chi connectivity index (χ2v) is 4.94. The minimum absolute atomic E-state index is 0.0812. The van der Waals surface area contributed by atoms with Gasteiger partial charge in [0.1, 0.15) is 5.82 Å². The molecule has 84 valence electrons. The molecule has 0 saturated carbocycles. The number of benzene rings is 1. The summed E-state index contributed by atoms with van der Waals surface area (Å²) in [4.78, 5) is -0.0812. The first-order valence-electron chi connectivity index (χ1n) is 4.12. The predicted octanol–water partition coefficient (Wildman–Crippen LogP) is 0.716. The fourth-order valence-electron chi connectivity index (χ4n) is 0.921. The van der Waals surface area contributed by atoms with E-state index in [1.165, 1.54) is 0 Å². The van der Waals surface area contributed by atoms with Gasteiger partial charge in [0.25, 0.3) is 0 Å². The standard InChI is InChI=1S/C8H10ClFN2O2S/c9-7-5-6(1-2-8(7)10)15(13,14)12-4-3-11/h1-2,5,12H,3-4,11H2. The molecule has 0 radical (unpaired) electrons. The van der Waals surface area contributed by atoms with Crippen LogP contribution in [0.1, 0.15) is 0 Å². The predicted molar refractivity (Wildman–Crippen MR) is 55.7 cm³/mol. The fraction of sp³-hybridized carbons (Fsp3) is 0.250. The van der Waals surface area contributed by atoms with Crippen LogP contribution in [0, 0.1) is 5.82 Å². The van der Waals surface area contributed by atoms with Crippen LogP contribution in [0.15, 0.2) is 23.1 Å². The van der Waals surface area contributed by atoms with Crippen LogP contribution in [0.2, 0.25) is 5.02 Å². The Bertz CT molecular complexity index is 450. The van der Waals surface area contributed by atoms with Gasteiger partial charge in [0.05, 0.1) is 9.92 Å². The molecule has 0 aliphatic heterocycles. The molecule has 0 aliphatic rings. The van der Waals surface area contributed by atoms with Gasteiger partial charge in [-0.3, -0.25) is 0 Å². The van der Waals surface area contributed by atoms with Gasteiger partial charge in [-0.25, -0.2) is 17.5 Å². The molecule has 1 aromatic rings. The molecule has 0 spiro atoms. The second kappa shape index (κ2) is 4.89. The zero-order valence-corrected chi connectivity index (χ0v) is 9.28. The molecule has 0 heterocycles. The summed E-state index contributed by atoms with van der Waals surface area (Å²) >= 11 is 5.46. The maximum absolute atomic E-state index is 12.8. The van der Waals surface area contributed by atoms with Crippen LogP contribution in [0.4, 0.5) is 4.39 Å². The molecule has 0 fully saturated rings. The Morgan fingerprint density at radius 1 is 1.47 bits per heavy atom. The SMILES string of the molecule is NCCNS(=O)(=O)c1ccc(F)c(Cl)c1. The van der Waals surface area contributed by atoms with E-state index in [0.29, 0.717) is 0 Å². The molecule has 0 amide bonds. The summed E-state index contributed by atoms with van der Waals surface area (Å²) in [6.45, 7) is 0.311. The number of nitrogens with one attached hydrogen (secondary N) is 1. The highest BCUT2D eigenvalue weighted by molar-refractivity contribution is 7.89. The number of nitrogens with two attached hydrogens (primary N) is 1. The van der Waals surface area contributed by atoms with E-state index >= 15 is 0 Å². The first-order valence-corrected chi connectivity index (χ1v) is 5.98. The third-order valence-corrected chi connectivity index (χ3v) is 3.39. The molecule has 0 aromatic heterocycles. The molecule has 1 rings (SSSR count). The van der Waals surface area contributed by atoms with Crippen LogP contribution in [0.3, 0.4) is 0 Å². The zero-order valence-electron chi connectivity index (χ0n) is 7.70. The molecule has 0 saturated heterocycles. The van der Waals surface area contributed by atoms with Crippen LogP contribution in [-0.2, 0) is 10.0 Å². The van der Waals surface area contributed by atoms with Gasteiger partial charge in [-0.15, -0.1) is 0 Å². The first kappa shape index (κ1) is 12.4. The van der Waals surface area contributed by atoms with E-state index in [-0.39, 0.29) is 23.0 Å². The van der Waals surface area contributed by atoms with Crippen LogP contribution >= 0.6 is 11.6 Å². The molecule has 0 atom stereocenters. The van der Waals surface area contributed by atoms with Gasteiger partial charge in [-0.05, 0) is 18.2 Å². The quantitative estimate of drug-likeness (QED) is 0.829. The highest BCUT2D eigenvalue weighted by atomic mass is 35.5. The summed E-state index contributed by atoms with van der Waals surface area (Å²) in [5, 5.41) is -0.231. The summed E-state index contributed by atoms with van der Waals surface area (Å²) in [7, 11) is -3.64. The molecule has 0 bridgehead atoms. The Balaban J connectivity index is 3.00. The molecule has 15 heavy (non-hydrogen) atoms. The average Bonchev–Trinajstić information content (AvgIpc) is 2.19. The van der Waals surface area contributed by atoms with E-state index in [2.05, 4.69) is 4.72 Å². The third-order valence-electron chi connectivity index (χ3n) is 1.64. The third kappa shape index (κ3) is 3.13. The number of sulfonamides is 1. The van der Waals surface area contributed by atoms with Crippen LogP contribution in [0.25, 0.3) is 0 Å². The van der Waals surface area contributed by atoms with Gasteiger partial charge in [-0.1, -0.05) is 11.6 Å². The molecular formula is C8H10ClFN2O2S. The smallest absolute Gasteiger partial charge is 0.240 e. The van der Waals surface area contributed by atoms with Crippen molar-refractivity contribution < 1.29 is 12.8 Å². The lowest BCUT2D eigenvalue weighted by Crippen LogP contribution is -2.29. The molecular weight excluding hydrogens is 243 g/mol. The van der Waals surface area contributed by atoms with Crippen molar-refractivity contribution in [3.63, 3.8) is 0 Å². The highest BCUT2D eigenvalue weighted by Gasteiger charge is 2.14. The molecule has 7 heteroatoms. The maximum atomic E-state index is 12.8. The minimum atomic E-state index is -3.64. The Kier molecular flexibility index (Phi) is 4.04. The monoisotopic (exact) mass is 252 g/mol. The van der Waals surface area contributed by atoms with E-state index < -0.39 is 15.8 Å². The van der Waals surface area contributed by atoms with Gasteiger partial charge >= 0.3 is 0 Å². The van der Waals surface area contributed by atoms with E-state index in [0.717, 1.165) is 18.2 Å². The summed E-state index contributed by atoms with van der Waals surface area (Å²) < 4.78 is 38.0. The Hall–Kier alpha value is -0.690. The molecule has 1 aromatic carbocycles. The van der Waals surface area contributed by atoms with Crippen molar-refractivity contribution in [2.75, 3.05) is 13.1 Å². The maximum Gasteiger partial charge on any atom is 0.240 e. The molecule has 0 unspecified atom stereocenters. The average molecular weight is 253 g/mol. The normalized spacial score (nSPS) is 11.7. The number of rotatable bonds is 4. The molecule has 0 aliphatic carbocycles. The van der Waals surface area contributed by atoms with Crippen molar-refractivity contribution in [1.82, 2.24) is 4.72 Å². The van der Waals surface area contributed by atoms with Crippen molar-refractivity contribution in [2.24, 2.45) is 5.73 Å². The van der Waals surface area contributed by atoms with Crippen LogP contribution < -0.4 is 10.5 Å². The van der Waals surface area contributed by atoms with Gasteiger partial charge < -0.3 is 5.73 Å². The lowest BCUT2D eigenvalue weighted by atomic mass is 10.3. The number of halogens is 2. The van der Waals surface area contributed by atoms with Gasteiger partial charge in [-0.2, -0.15) is 0 Å². The van der Waals surface area contributed by atoms with Gasteiger partial charge in [0.15, 0.2) is 0 Å². The van der Waals surface area contributed by atoms with E-state index in [1.807, 2.05) is 0 Å². The summed E-state index contributed by atoms with van der Waals surface area (Å²) in [6.07, 6.45) is 0. The van der Waals surface area contributed by atoms with Crippen molar-refractivity contribution in [3.8, 4) is 0 Å².